The molecule has 2 bridgehead atoms. The predicted molar refractivity (Wildman–Crippen MR) is 100 cm³/mol. The summed E-state index contributed by atoms with van der Waals surface area (Å²) in [5, 5.41) is 12.4. The van der Waals surface area contributed by atoms with Crippen LogP contribution in [0.3, 0.4) is 0 Å². The highest BCUT2D eigenvalue weighted by molar-refractivity contribution is 6.25. The van der Waals surface area contributed by atoms with Gasteiger partial charge >= 0.3 is 0 Å². The summed E-state index contributed by atoms with van der Waals surface area (Å²) in [4.78, 5) is 38.8. The van der Waals surface area contributed by atoms with Gasteiger partial charge in [0.1, 0.15) is 0 Å². The molecule has 2 aromatic carbocycles. The molecule has 2 unspecified atom stereocenters. The van der Waals surface area contributed by atoms with Gasteiger partial charge in [-0.2, -0.15) is 0 Å². The van der Waals surface area contributed by atoms with Crippen molar-refractivity contribution in [2.45, 2.75) is 19.3 Å². The number of carbonyl (C=O) groups excluding carboxylic acids is 2. The van der Waals surface area contributed by atoms with Crippen LogP contribution in [-0.2, 0) is 9.59 Å². The minimum atomic E-state index is -0.437. The molecule has 27 heavy (non-hydrogen) atoms. The predicted octanol–water partition coefficient (Wildman–Crippen LogP) is 3.84. The second-order valence-electron chi connectivity index (χ2n) is 7.61. The van der Waals surface area contributed by atoms with E-state index in [9.17, 15) is 19.7 Å². The van der Waals surface area contributed by atoms with Gasteiger partial charge in [0.05, 0.1) is 27.8 Å². The summed E-state index contributed by atoms with van der Waals surface area (Å²) < 4.78 is 0. The van der Waals surface area contributed by atoms with Gasteiger partial charge in [-0.05, 0) is 36.8 Å². The Morgan fingerprint density at radius 2 is 1.48 bits per heavy atom. The topological polar surface area (TPSA) is 80.5 Å². The average molecular weight is 362 g/mol. The van der Waals surface area contributed by atoms with Crippen LogP contribution >= 0.6 is 0 Å². The molecule has 6 nitrogen and oxygen atoms in total. The van der Waals surface area contributed by atoms with Crippen LogP contribution in [0.25, 0.3) is 10.8 Å². The van der Waals surface area contributed by atoms with Crippen LogP contribution in [0.2, 0.25) is 0 Å². The van der Waals surface area contributed by atoms with Crippen LogP contribution in [0, 0.1) is 33.8 Å². The molecule has 6 heteroatoms. The lowest BCUT2D eigenvalue weighted by Crippen LogP contribution is -2.32. The maximum Gasteiger partial charge on any atom is 0.277 e. The SMILES string of the molecule is O=C1[C@@H]2C3C=CC(CCC3)[C@@H]2C(=O)N1c1ccc([N+](=O)[O-])c2ccccc12. The summed E-state index contributed by atoms with van der Waals surface area (Å²) in [7, 11) is 0. The lowest BCUT2D eigenvalue weighted by Gasteiger charge is -2.27. The normalized spacial score (nSPS) is 29.3. The zero-order valence-corrected chi connectivity index (χ0v) is 14.6. The first-order valence-electron chi connectivity index (χ1n) is 9.30. The van der Waals surface area contributed by atoms with Crippen LogP contribution in [0.1, 0.15) is 19.3 Å². The molecule has 1 aliphatic heterocycles. The van der Waals surface area contributed by atoms with E-state index in [1.54, 1.807) is 24.3 Å². The number of nitro benzene ring substituents is 1. The first kappa shape index (κ1) is 16.2. The van der Waals surface area contributed by atoms with Gasteiger partial charge in [-0.3, -0.25) is 19.7 Å². The van der Waals surface area contributed by atoms with E-state index in [1.165, 1.54) is 17.0 Å². The molecule has 0 aromatic heterocycles. The number of imide groups is 1. The summed E-state index contributed by atoms with van der Waals surface area (Å²) in [5.74, 6) is -0.706. The van der Waals surface area contributed by atoms with Crippen molar-refractivity contribution in [2.24, 2.45) is 23.7 Å². The Balaban J connectivity index is 1.67. The summed E-state index contributed by atoms with van der Waals surface area (Å²) in [6.45, 7) is 0. The fourth-order valence-corrected chi connectivity index (χ4v) is 5.14. The molecule has 2 amide bonds. The Morgan fingerprint density at radius 3 is 2.07 bits per heavy atom. The number of nitrogens with zero attached hydrogens (tertiary/aromatic N) is 2. The van der Waals surface area contributed by atoms with Crippen molar-refractivity contribution in [3.63, 3.8) is 0 Å². The van der Waals surface area contributed by atoms with Gasteiger partial charge in [0.25, 0.3) is 5.69 Å². The Morgan fingerprint density at radius 1 is 0.889 bits per heavy atom. The minimum Gasteiger partial charge on any atom is -0.274 e. The third-order valence-electron chi connectivity index (χ3n) is 6.32. The van der Waals surface area contributed by atoms with Gasteiger partial charge in [0.2, 0.25) is 11.8 Å². The van der Waals surface area contributed by atoms with Gasteiger partial charge in [-0.1, -0.05) is 36.8 Å². The number of allylic oxidation sites excluding steroid dienone is 2. The molecule has 2 fully saturated rings. The van der Waals surface area contributed by atoms with E-state index in [4.69, 9.17) is 0 Å². The Kier molecular flexibility index (Phi) is 3.44. The number of anilines is 1. The van der Waals surface area contributed by atoms with E-state index < -0.39 is 4.92 Å². The van der Waals surface area contributed by atoms with Gasteiger partial charge in [0.15, 0.2) is 0 Å². The van der Waals surface area contributed by atoms with Crippen LogP contribution in [0.4, 0.5) is 11.4 Å². The maximum absolute atomic E-state index is 13.3. The average Bonchev–Trinajstić information content (AvgIpc) is 2.87. The van der Waals surface area contributed by atoms with Gasteiger partial charge in [0, 0.05) is 11.5 Å². The number of rotatable bonds is 2. The summed E-state index contributed by atoms with van der Waals surface area (Å²) >= 11 is 0. The highest BCUT2D eigenvalue weighted by Crippen LogP contribution is 2.49. The van der Waals surface area contributed by atoms with Crippen molar-refractivity contribution in [2.75, 3.05) is 4.90 Å². The molecule has 2 aromatic rings. The molecule has 6 rings (SSSR count). The summed E-state index contributed by atoms with van der Waals surface area (Å²) in [5.41, 5.74) is 0.433. The number of hydrogen-bond donors (Lipinski definition) is 0. The second-order valence-corrected chi connectivity index (χ2v) is 7.61. The van der Waals surface area contributed by atoms with E-state index in [2.05, 4.69) is 12.2 Å². The van der Waals surface area contributed by atoms with E-state index >= 15 is 0 Å². The number of fused-ring (bicyclic) bond motifs is 3. The number of amides is 2. The highest BCUT2D eigenvalue weighted by atomic mass is 16.6. The van der Waals surface area contributed by atoms with Crippen molar-refractivity contribution in [1.29, 1.82) is 0 Å². The van der Waals surface area contributed by atoms with E-state index in [-0.39, 0.29) is 41.2 Å². The van der Waals surface area contributed by atoms with E-state index in [1.807, 2.05) is 0 Å². The third-order valence-corrected chi connectivity index (χ3v) is 6.32. The summed E-state index contributed by atoms with van der Waals surface area (Å²) in [6, 6.07) is 9.81. The van der Waals surface area contributed by atoms with Gasteiger partial charge in [-0.15, -0.1) is 0 Å². The van der Waals surface area contributed by atoms with E-state index in [0.717, 1.165) is 19.3 Å². The van der Waals surface area contributed by atoms with Crippen molar-refractivity contribution >= 4 is 34.0 Å². The molecule has 1 saturated heterocycles. The van der Waals surface area contributed by atoms with Crippen LogP contribution in [0.15, 0.2) is 48.6 Å². The molecule has 1 heterocycles. The third kappa shape index (κ3) is 2.19. The molecule has 3 aliphatic carbocycles. The maximum atomic E-state index is 13.3. The molecule has 4 aliphatic rings. The van der Waals surface area contributed by atoms with Crippen molar-refractivity contribution in [3.8, 4) is 0 Å². The molecule has 1 saturated carbocycles. The first-order valence-corrected chi connectivity index (χ1v) is 9.30. The van der Waals surface area contributed by atoms with Crippen molar-refractivity contribution in [3.05, 3.63) is 58.7 Å². The Bertz CT molecular complexity index is 996. The monoisotopic (exact) mass is 362 g/mol. The van der Waals surface area contributed by atoms with Crippen molar-refractivity contribution in [1.82, 2.24) is 0 Å². The smallest absolute Gasteiger partial charge is 0.274 e. The van der Waals surface area contributed by atoms with Gasteiger partial charge in [-0.25, -0.2) is 4.90 Å². The molecular formula is C21H18N2O4. The first-order chi connectivity index (χ1) is 13.1. The number of benzene rings is 2. The molecular weight excluding hydrogens is 344 g/mol. The molecule has 0 N–H and O–H groups in total. The molecule has 0 radical (unpaired) electrons. The summed E-state index contributed by atoms with van der Waals surface area (Å²) in [6.07, 6.45) is 7.13. The fourth-order valence-electron chi connectivity index (χ4n) is 5.14. The number of hydrogen-bond acceptors (Lipinski definition) is 4. The lowest BCUT2D eigenvalue weighted by molar-refractivity contribution is -0.383. The zero-order valence-electron chi connectivity index (χ0n) is 14.6. The Labute approximate surface area is 155 Å². The number of non-ortho nitro benzene ring substituents is 1. The Hall–Kier alpha value is -3.02. The van der Waals surface area contributed by atoms with Crippen LogP contribution < -0.4 is 4.90 Å². The quantitative estimate of drug-likeness (QED) is 0.352. The van der Waals surface area contributed by atoms with Crippen LogP contribution in [0.5, 0.6) is 0 Å². The molecule has 136 valence electrons. The van der Waals surface area contributed by atoms with Crippen LogP contribution in [-0.4, -0.2) is 16.7 Å². The molecule has 4 atom stereocenters. The standard InChI is InChI=1S/C21H18N2O4/c24-20-18-12-4-3-5-13(9-8-12)19(18)21(25)22(20)16-10-11-17(23(26)27)15-7-2-1-6-14(15)16/h1-2,6-13,18-19H,3-5H2/t12?,13?,18-,19+. The van der Waals surface area contributed by atoms with Gasteiger partial charge < -0.3 is 0 Å². The van der Waals surface area contributed by atoms with E-state index in [0.29, 0.717) is 16.5 Å². The lowest BCUT2D eigenvalue weighted by atomic mass is 9.73. The second kappa shape index (κ2) is 5.74. The fraction of sp³-hybridized carbons (Fsp3) is 0.333. The van der Waals surface area contributed by atoms with Crippen molar-refractivity contribution < 1.29 is 14.5 Å². The minimum absolute atomic E-state index is 0.0237. The highest BCUT2D eigenvalue weighted by Gasteiger charge is 2.55. The largest absolute Gasteiger partial charge is 0.277 e. The molecule has 0 spiro atoms. The number of carbonyl (C=O) groups is 2. The number of nitro groups is 1. The zero-order chi connectivity index (χ0) is 18.7.